The molecule has 0 bridgehead atoms. The first-order valence-electron chi connectivity index (χ1n) is 7.04. The summed E-state index contributed by atoms with van der Waals surface area (Å²) in [5.41, 5.74) is 10.1. The number of halogens is 1. The highest BCUT2D eigenvalue weighted by Crippen LogP contribution is 2.35. The van der Waals surface area contributed by atoms with Crippen molar-refractivity contribution in [3.8, 4) is 0 Å². The van der Waals surface area contributed by atoms with Crippen molar-refractivity contribution in [1.82, 2.24) is 0 Å². The quantitative estimate of drug-likeness (QED) is 0.875. The predicted octanol–water partition coefficient (Wildman–Crippen LogP) is 4.59. The van der Waals surface area contributed by atoms with Gasteiger partial charge in [-0.15, -0.1) is 0 Å². The van der Waals surface area contributed by atoms with Crippen LogP contribution >= 0.6 is 27.7 Å². The lowest BCUT2D eigenvalue weighted by molar-refractivity contribution is 0.911. The van der Waals surface area contributed by atoms with E-state index in [1.54, 1.807) is 0 Å². The van der Waals surface area contributed by atoms with Gasteiger partial charge in [0, 0.05) is 14.3 Å². The Hall–Kier alpha value is -0.770. The van der Waals surface area contributed by atoms with Crippen LogP contribution in [0, 0.1) is 0 Å². The molecule has 0 heterocycles. The highest BCUT2D eigenvalue weighted by Gasteiger charge is 2.12. The van der Waals surface area contributed by atoms with Gasteiger partial charge in [-0.2, -0.15) is 0 Å². The van der Waals surface area contributed by atoms with Crippen LogP contribution in [0.25, 0.3) is 0 Å². The van der Waals surface area contributed by atoms with Crippen LogP contribution in [0.3, 0.4) is 0 Å². The molecule has 3 rings (SSSR count). The van der Waals surface area contributed by atoms with Crippen LogP contribution in [0.4, 0.5) is 0 Å². The van der Waals surface area contributed by atoms with Gasteiger partial charge in [0.2, 0.25) is 0 Å². The number of fused-ring (bicyclic) bond motifs is 1. The van der Waals surface area contributed by atoms with Crippen molar-refractivity contribution < 1.29 is 0 Å². The molecular formula is C17H18BrNS. The Bertz CT molecular complexity index is 624. The van der Waals surface area contributed by atoms with E-state index in [1.807, 2.05) is 11.8 Å². The first-order valence-corrected chi connectivity index (χ1v) is 8.65. The van der Waals surface area contributed by atoms with Crippen LogP contribution < -0.4 is 5.73 Å². The van der Waals surface area contributed by atoms with E-state index in [-0.39, 0.29) is 0 Å². The van der Waals surface area contributed by atoms with Crippen LogP contribution in [-0.4, -0.2) is 6.54 Å². The van der Waals surface area contributed by atoms with E-state index >= 15 is 0 Å². The third kappa shape index (κ3) is 3.11. The number of nitrogens with two attached hydrogens (primary N) is 1. The molecule has 0 spiro atoms. The number of benzene rings is 2. The molecular weight excluding hydrogens is 330 g/mol. The molecule has 0 atom stereocenters. The molecule has 0 aromatic heterocycles. The van der Waals surface area contributed by atoms with Crippen molar-refractivity contribution in [3.05, 3.63) is 57.6 Å². The summed E-state index contributed by atoms with van der Waals surface area (Å²) in [6.45, 7) is 0.694. The van der Waals surface area contributed by atoms with E-state index < -0.39 is 0 Å². The zero-order valence-corrected chi connectivity index (χ0v) is 13.8. The van der Waals surface area contributed by atoms with Gasteiger partial charge in [-0.05, 0) is 73.2 Å². The summed E-state index contributed by atoms with van der Waals surface area (Å²) in [4.78, 5) is 2.64. The Morgan fingerprint density at radius 1 is 1.05 bits per heavy atom. The smallest absolute Gasteiger partial charge is 0.0186 e. The van der Waals surface area contributed by atoms with Gasteiger partial charge in [0.1, 0.15) is 0 Å². The normalized spacial score (nSPS) is 13.5. The zero-order chi connectivity index (χ0) is 13.9. The van der Waals surface area contributed by atoms with E-state index in [9.17, 15) is 0 Å². The lowest BCUT2D eigenvalue weighted by atomic mass is 10.1. The third-order valence-electron chi connectivity index (χ3n) is 3.74. The highest BCUT2D eigenvalue weighted by molar-refractivity contribution is 9.10. The van der Waals surface area contributed by atoms with Gasteiger partial charge in [0.25, 0.3) is 0 Å². The lowest BCUT2D eigenvalue weighted by Crippen LogP contribution is -2.03. The zero-order valence-electron chi connectivity index (χ0n) is 11.4. The van der Waals surface area contributed by atoms with E-state index in [1.165, 1.54) is 45.7 Å². The SMILES string of the molecule is NCCc1ccc(Br)cc1Sc1ccc2c(c1)CCC2. The molecule has 2 N–H and O–H groups in total. The Labute approximate surface area is 133 Å². The molecule has 20 heavy (non-hydrogen) atoms. The average Bonchev–Trinajstić information content (AvgIpc) is 2.89. The van der Waals surface area contributed by atoms with Gasteiger partial charge in [0.05, 0.1) is 0 Å². The molecule has 1 nitrogen and oxygen atoms in total. The summed E-state index contributed by atoms with van der Waals surface area (Å²) in [7, 11) is 0. The van der Waals surface area contributed by atoms with Crippen molar-refractivity contribution in [1.29, 1.82) is 0 Å². The van der Waals surface area contributed by atoms with Gasteiger partial charge in [0.15, 0.2) is 0 Å². The fraction of sp³-hybridized carbons (Fsp3) is 0.294. The van der Waals surface area contributed by atoms with Crippen molar-refractivity contribution in [2.45, 2.75) is 35.5 Å². The fourth-order valence-corrected chi connectivity index (χ4v) is 4.31. The summed E-state index contributed by atoms with van der Waals surface area (Å²) >= 11 is 5.41. The third-order valence-corrected chi connectivity index (χ3v) is 5.32. The van der Waals surface area contributed by atoms with E-state index in [4.69, 9.17) is 5.73 Å². The van der Waals surface area contributed by atoms with Crippen LogP contribution in [0.5, 0.6) is 0 Å². The minimum absolute atomic E-state index is 0.694. The molecule has 1 aliphatic rings. The van der Waals surface area contributed by atoms with E-state index in [0.717, 1.165) is 10.9 Å². The van der Waals surface area contributed by atoms with Crippen molar-refractivity contribution in [2.24, 2.45) is 5.73 Å². The Morgan fingerprint density at radius 3 is 2.75 bits per heavy atom. The standard InChI is InChI=1S/C17H18BrNS/c18-15-6-4-13(8-9-19)17(11-15)20-16-7-5-12-2-1-3-14(12)10-16/h4-7,10-11H,1-3,8-9,19H2. The first kappa shape index (κ1) is 14.2. The predicted molar refractivity (Wildman–Crippen MR) is 89.5 cm³/mol. The molecule has 0 aliphatic heterocycles. The van der Waals surface area contributed by atoms with Crippen LogP contribution in [0.2, 0.25) is 0 Å². The molecule has 104 valence electrons. The molecule has 0 radical (unpaired) electrons. The van der Waals surface area contributed by atoms with Crippen molar-refractivity contribution in [2.75, 3.05) is 6.54 Å². The Morgan fingerprint density at radius 2 is 1.90 bits per heavy atom. The number of aryl methyl sites for hydroxylation is 2. The second kappa shape index (κ2) is 6.33. The highest BCUT2D eigenvalue weighted by atomic mass is 79.9. The second-order valence-corrected chi connectivity index (χ2v) is 7.21. The maximum absolute atomic E-state index is 5.71. The molecule has 2 aromatic carbocycles. The van der Waals surface area contributed by atoms with Crippen LogP contribution in [-0.2, 0) is 19.3 Å². The van der Waals surface area contributed by atoms with Crippen LogP contribution in [0.15, 0.2) is 50.7 Å². The Balaban J connectivity index is 1.88. The van der Waals surface area contributed by atoms with Gasteiger partial charge in [-0.25, -0.2) is 0 Å². The molecule has 0 saturated carbocycles. The van der Waals surface area contributed by atoms with Gasteiger partial charge < -0.3 is 5.73 Å². The van der Waals surface area contributed by atoms with Gasteiger partial charge >= 0.3 is 0 Å². The molecule has 2 aromatic rings. The molecule has 0 fully saturated rings. The second-order valence-electron chi connectivity index (χ2n) is 5.18. The van der Waals surface area contributed by atoms with E-state index in [0.29, 0.717) is 6.54 Å². The minimum Gasteiger partial charge on any atom is -0.330 e. The largest absolute Gasteiger partial charge is 0.330 e. The number of hydrogen-bond donors (Lipinski definition) is 1. The van der Waals surface area contributed by atoms with Gasteiger partial charge in [-0.1, -0.05) is 39.8 Å². The topological polar surface area (TPSA) is 26.0 Å². The fourth-order valence-electron chi connectivity index (χ4n) is 2.72. The average molecular weight is 348 g/mol. The maximum atomic E-state index is 5.71. The van der Waals surface area contributed by atoms with Crippen molar-refractivity contribution >= 4 is 27.7 Å². The van der Waals surface area contributed by atoms with Gasteiger partial charge in [-0.3, -0.25) is 0 Å². The number of hydrogen-bond acceptors (Lipinski definition) is 2. The Kier molecular flexibility index (Phi) is 4.49. The van der Waals surface area contributed by atoms with E-state index in [2.05, 4.69) is 52.3 Å². The number of rotatable bonds is 4. The summed E-state index contributed by atoms with van der Waals surface area (Å²) in [6, 6.07) is 13.4. The molecule has 1 aliphatic carbocycles. The monoisotopic (exact) mass is 347 g/mol. The molecule has 0 unspecified atom stereocenters. The minimum atomic E-state index is 0.694. The molecule has 0 amide bonds. The van der Waals surface area contributed by atoms with Crippen LogP contribution in [0.1, 0.15) is 23.1 Å². The summed E-state index contributed by atoms with van der Waals surface area (Å²) < 4.78 is 1.13. The summed E-state index contributed by atoms with van der Waals surface area (Å²) in [5.74, 6) is 0. The molecule has 0 saturated heterocycles. The molecule has 3 heteroatoms. The summed E-state index contributed by atoms with van der Waals surface area (Å²) in [5, 5.41) is 0. The summed E-state index contributed by atoms with van der Waals surface area (Å²) in [6.07, 6.45) is 4.72. The maximum Gasteiger partial charge on any atom is 0.0186 e. The first-order chi connectivity index (χ1) is 9.76. The lowest BCUT2D eigenvalue weighted by Gasteiger charge is -2.10. The van der Waals surface area contributed by atoms with Crippen molar-refractivity contribution in [3.63, 3.8) is 0 Å².